The Labute approximate surface area is 226 Å². The second kappa shape index (κ2) is 17.3. The Balaban J connectivity index is -0.000000529. The molecule has 0 heterocycles. The van der Waals surface area contributed by atoms with Crippen molar-refractivity contribution in [3.05, 3.63) is 0 Å². The van der Waals surface area contributed by atoms with Crippen molar-refractivity contribution in [1.82, 2.24) is 0 Å². The molecule has 194 valence electrons. The first-order valence-corrected chi connectivity index (χ1v) is 13.4. The number of hydrogen-bond acceptors (Lipinski definition) is 4. The molecular formula is C28H54O4Pb. The van der Waals surface area contributed by atoms with Crippen LogP contribution in [0.1, 0.15) is 146 Å². The van der Waals surface area contributed by atoms with Gasteiger partial charge in [-0.05, 0) is 75.0 Å². The van der Waals surface area contributed by atoms with E-state index < -0.39 is 22.8 Å². The van der Waals surface area contributed by atoms with E-state index in [9.17, 15) is 19.8 Å². The second-order valence-corrected chi connectivity index (χ2v) is 9.63. The van der Waals surface area contributed by atoms with Gasteiger partial charge in [-0.2, -0.15) is 0 Å². The van der Waals surface area contributed by atoms with Crippen LogP contribution in [-0.4, -0.2) is 39.2 Å². The van der Waals surface area contributed by atoms with Gasteiger partial charge in [-0.25, -0.2) is 0 Å². The van der Waals surface area contributed by atoms with E-state index in [-0.39, 0.29) is 38.1 Å². The van der Waals surface area contributed by atoms with Crippen molar-refractivity contribution in [2.24, 2.45) is 21.7 Å². The third kappa shape index (κ3) is 7.42. The summed E-state index contributed by atoms with van der Waals surface area (Å²) >= 11 is 0. The molecule has 0 saturated heterocycles. The Bertz CT molecular complexity index is 480. The summed E-state index contributed by atoms with van der Waals surface area (Å²) in [5, 5.41) is 23.2. The van der Waals surface area contributed by atoms with Gasteiger partial charge >= 0.3 is 27.3 Å². The molecule has 0 aromatic rings. The van der Waals surface area contributed by atoms with Crippen LogP contribution >= 0.6 is 0 Å². The normalized spacial score (nSPS) is 12.4. The summed E-state index contributed by atoms with van der Waals surface area (Å²) in [7, 11) is 0. The summed E-state index contributed by atoms with van der Waals surface area (Å²) in [6.07, 6.45) is 10.4. The van der Waals surface area contributed by atoms with Crippen molar-refractivity contribution < 1.29 is 19.8 Å². The maximum Gasteiger partial charge on any atom is 2.00 e. The monoisotopic (exact) mass is 662 g/mol. The summed E-state index contributed by atoms with van der Waals surface area (Å²) in [6, 6.07) is 0. The van der Waals surface area contributed by atoms with Crippen molar-refractivity contribution in [3.63, 3.8) is 0 Å². The van der Waals surface area contributed by atoms with Gasteiger partial charge in [0.15, 0.2) is 0 Å². The first-order chi connectivity index (χ1) is 15.0. The van der Waals surface area contributed by atoms with Gasteiger partial charge in [0.2, 0.25) is 0 Å². The predicted molar refractivity (Wildman–Crippen MR) is 138 cm³/mol. The Morgan fingerprint density at radius 1 is 0.485 bits per heavy atom. The maximum absolute atomic E-state index is 11.6. The zero-order valence-corrected chi connectivity index (χ0v) is 27.5. The van der Waals surface area contributed by atoms with Gasteiger partial charge in [0.25, 0.3) is 0 Å². The van der Waals surface area contributed by atoms with Gasteiger partial charge in [0, 0.05) is 22.8 Å². The molecule has 0 aromatic heterocycles. The van der Waals surface area contributed by atoms with Crippen LogP contribution in [0.3, 0.4) is 0 Å². The van der Waals surface area contributed by atoms with Crippen LogP contribution in [0.4, 0.5) is 0 Å². The fraction of sp³-hybridized carbons (Fsp3) is 0.929. The minimum absolute atomic E-state index is 0. The van der Waals surface area contributed by atoms with E-state index in [2.05, 4.69) is 41.5 Å². The standard InChI is InChI=1S/2C14H28O2.Pb/c2*1-6-11-13(7-2,8-3)14(9-4,10-5)12(15)16;/h2*6-11H2,1-5H3,(H,15,16);/q;;+2/p-2. The average Bonchev–Trinajstić information content (AvgIpc) is 2.79. The number of hydrogen-bond donors (Lipinski definition) is 0. The number of carboxylic acid groups (broad SMARTS) is 2. The molecule has 4 nitrogen and oxygen atoms in total. The maximum atomic E-state index is 11.6. The van der Waals surface area contributed by atoms with Crippen LogP contribution in [0.15, 0.2) is 0 Å². The number of aliphatic carboxylic acids is 2. The Morgan fingerprint density at radius 3 is 0.788 bits per heavy atom. The zero-order valence-electron chi connectivity index (χ0n) is 23.6. The van der Waals surface area contributed by atoms with Gasteiger partial charge in [-0.3, -0.25) is 0 Å². The molecule has 2 radical (unpaired) electrons. The van der Waals surface area contributed by atoms with Crippen molar-refractivity contribution in [2.75, 3.05) is 0 Å². The summed E-state index contributed by atoms with van der Waals surface area (Å²) in [5.74, 6) is -1.70. The molecule has 0 amide bonds. The third-order valence-electron chi connectivity index (χ3n) is 9.39. The molecule has 0 rings (SSSR count). The van der Waals surface area contributed by atoms with E-state index in [4.69, 9.17) is 0 Å². The van der Waals surface area contributed by atoms with Crippen LogP contribution < -0.4 is 10.2 Å². The fourth-order valence-corrected chi connectivity index (χ4v) is 7.01. The van der Waals surface area contributed by atoms with Gasteiger partial charge in [-0.15, -0.1) is 0 Å². The Kier molecular flexibility index (Phi) is 19.6. The molecule has 0 aromatic carbocycles. The Morgan fingerprint density at radius 2 is 0.697 bits per heavy atom. The van der Waals surface area contributed by atoms with Gasteiger partial charge in [0.1, 0.15) is 0 Å². The first-order valence-electron chi connectivity index (χ1n) is 13.4. The van der Waals surface area contributed by atoms with E-state index in [0.29, 0.717) is 25.7 Å². The molecule has 0 aliphatic heterocycles. The molecule has 0 unspecified atom stereocenters. The summed E-state index contributed by atoms with van der Waals surface area (Å²) < 4.78 is 0. The summed E-state index contributed by atoms with van der Waals surface area (Å²) in [4.78, 5) is 23.2. The molecule has 0 bridgehead atoms. The third-order valence-corrected chi connectivity index (χ3v) is 9.39. The molecule has 0 saturated carbocycles. The van der Waals surface area contributed by atoms with Gasteiger partial charge in [0.05, 0.1) is 0 Å². The molecule has 0 aliphatic carbocycles. The molecule has 0 spiro atoms. The average molecular weight is 662 g/mol. The van der Waals surface area contributed by atoms with Crippen molar-refractivity contribution >= 4 is 39.2 Å². The minimum Gasteiger partial charge on any atom is -0.550 e. The van der Waals surface area contributed by atoms with E-state index in [0.717, 1.165) is 51.4 Å². The predicted octanol–water partition coefficient (Wildman–Crippen LogP) is 5.92. The largest absolute Gasteiger partial charge is 2.00 e. The molecule has 33 heavy (non-hydrogen) atoms. The quantitative estimate of drug-likeness (QED) is 0.193. The first kappa shape index (κ1) is 37.4. The van der Waals surface area contributed by atoms with Gasteiger partial charge < -0.3 is 19.8 Å². The summed E-state index contributed by atoms with van der Waals surface area (Å²) in [5.41, 5.74) is -1.48. The van der Waals surface area contributed by atoms with Crippen molar-refractivity contribution in [2.45, 2.75) is 146 Å². The molecular weight excluding hydrogens is 608 g/mol. The second-order valence-electron chi connectivity index (χ2n) is 9.63. The minimum atomic E-state index is -0.852. The van der Waals surface area contributed by atoms with Gasteiger partial charge in [-0.1, -0.05) is 82.1 Å². The molecule has 0 fully saturated rings. The summed E-state index contributed by atoms with van der Waals surface area (Å²) in [6.45, 7) is 20.6. The van der Waals surface area contributed by atoms with Crippen molar-refractivity contribution in [1.29, 1.82) is 0 Å². The SMILES string of the molecule is CCCC(CC)(CC)C(CC)(CC)C(=O)[O-].CCCC(CC)(CC)C(CC)(CC)C(=O)[O-].[Pb+2]. The zero-order chi connectivity index (χ0) is 25.6. The molecule has 0 atom stereocenters. The smallest absolute Gasteiger partial charge is 0.550 e. The number of carboxylic acids is 2. The van der Waals surface area contributed by atoms with E-state index in [1.54, 1.807) is 0 Å². The molecule has 0 N–H and O–H groups in total. The number of carbonyl (C=O) groups is 2. The van der Waals surface area contributed by atoms with E-state index >= 15 is 0 Å². The van der Waals surface area contributed by atoms with E-state index in [1.165, 1.54) is 0 Å². The Hall–Kier alpha value is -0.138. The van der Waals surface area contributed by atoms with Crippen LogP contribution in [0.5, 0.6) is 0 Å². The number of carbonyl (C=O) groups excluding carboxylic acids is 2. The molecule has 5 heteroatoms. The fourth-order valence-electron chi connectivity index (χ4n) is 7.01. The van der Waals surface area contributed by atoms with Crippen LogP contribution in [0.2, 0.25) is 0 Å². The van der Waals surface area contributed by atoms with Crippen LogP contribution in [-0.2, 0) is 9.59 Å². The van der Waals surface area contributed by atoms with Crippen LogP contribution in [0.25, 0.3) is 0 Å². The van der Waals surface area contributed by atoms with E-state index in [1.807, 2.05) is 27.7 Å². The number of rotatable bonds is 16. The molecule has 0 aliphatic rings. The topological polar surface area (TPSA) is 80.3 Å². The van der Waals surface area contributed by atoms with Crippen molar-refractivity contribution in [3.8, 4) is 0 Å². The van der Waals surface area contributed by atoms with Crippen LogP contribution in [0, 0.1) is 21.7 Å².